The number of hydrogen-bond acceptors (Lipinski definition) is 26. The normalized spacial score (nSPS) is 27.9. The van der Waals surface area contributed by atoms with Gasteiger partial charge in [0.1, 0.15) is 67.1 Å². The molecular formula is C53H94N8O26. The number of ether oxygens (including phenoxy) is 9. The zero-order valence-electron chi connectivity index (χ0n) is 49.8. The Bertz CT molecular complexity index is 1900. The number of aliphatic hydroxyl groups excluding tert-OH is 9. The number of nitrogens with one attached hydrogen (secondary N) is 8. The molecule has 17 N–H and O–H groups in total. The van der Waals surface area contributed by atoms with Gasteiger partial charge in [0.05, 0.1) is 84.3 Å². The molecule has 2 heterocycles. The lowest BCUT2D eigenvalue weighted by Gasteiger charge is -2.42. The summed E-state index contributed by atoms with van der Waals surface area (Å²) in [5, 5.41) is 112. The third-order valence-electron chi connectivity index (χ3n) is 14.0. The van der Waals surface area contributed by atoms with E-state index in [4.69, 9.17) is 42.6 Å². The Morgan fingerprint density at radius 3 is 1.23 bits per heavy atom. The summed E-state index contributed by atoms with van der Waals surface area (Å²) in [7, 11) is 1.37. The molecule has 1 aliphatic carbocycles. The number of rotatable bonds is 42. The molecule has 34 nitrogen and oxygen atoms in total. The lowest BCUT2D eigenvalue weighted by Crippen LogP contribution is -2.64. The van der Waals surface area contributed by atoms with E-state index in [1.807, 2.05) is 0 Å². The molecule has 0 aromatic heterocycles. The van der Waals surface area contributed by atoms with Crippen molar-refractivity contribution in [3.05, 3.63) is 0 Å². The molecule has 8 amide bonds. The molecule has 0 aromatic rings. The predicted molar refractivity (Wildman–Crippen MR) is 296 cm³/mol. The zero-order valence-corrected chi connectivity index (χ0v) is 49.8. The van der Waals surface area contributed by atoms with Gasteiger partial charge in [-0.1, -0.05) is 0 Å². The standard InChI is InChI=1S/C53H94N8O26/c1-30(65)58-42-34(22-33(23-62)45(73)48(42)76)83-16-5-13-54-38(69)10-19-80-26-53(61-41(72)9-8-37(68)57-29-79-4,27-81-20-11-39(70)55-14-6-17-84-51-43(59-31(2)66)49(77)46(74)35(24-63)86-51)28-82-21-12-40(71)56-15-7-18-85-52-44(60-32(3)67)50(78)47(75)36(25-64)87-52/h33-36,42-52,62-64,73-78H,5-29H2,1-4H3,(H,54,69)(H,55,70)(H,56,71)(H,57,68)(H,58,65)(H,59,66)(H,60,67)(H,61,72)/t33?,34-,35?,36?,42?,43?,44?,45-,46-,47-,48-,49-,50-,51-,52-,53?/m1/s1. The highest BCUT2D eigenvalue weighted by molar-refractivity contribution is 5.84. The first-order valence-electron chi connectivity index (χ1n) is 29.0. The second kappa shape index (κ2) is 41.4. The Hall–Kier alpha value is -4.96. The van der Waals surface area contributed by atoms with E-state index in [1.54, 1.807) is 0 Å². The second-order valence-corrected chi connectivity index (χ2v) is 21.3. The van der Waals surface area contributed by atoms with E-state index in [2.05, 4.69) is 42.5 Å². The number of carbonyl (C=O) groups is 8. The highest BCUT2D eigenvalue weighted by Crippen LogP contribution is 2.28. The third-order valence-corrected chi connectivity index (χ3v) is 14.0. The van der Waals surface area contributed by atoms with Crippen molar-refractivity contribution in [2.45, 2.75) is 170 Å². The SMILES string of the molecule is COCNC(=O)CCC(=O)NC(COCCC(=O)NCCCO[C@@H]1OC(CO)[C@@H](O)[C@H](O)C1NC(C)=O)(COCCC(=O)NCCCO[C@@H]1OC(CO)[C@@H](O)[C@H](O)C1NC(C)=O)COCCC(=O)NCCCO[C@@H]1CC(CO)[C@@H](O)[C@H](O)C1NC(C)=O. The summed E-state index contributed by atoms with van der Waals surface area (Å²) in [5.41, 5.74) is -1.56. The largest absolute Gasteiger partial charge is 0.396 e. The van der Waals surface area contributed by atoms with Gasteiger partial charge in [-0.2, -0.15) is 0 Å². The molecule has 6 unspecified atom stereocenters. The Labute approximate surface area is 504 Å². The number of amides is 8. The van der Waals surface area contributed by atoms with Crippen LogP contribution in [0.2, 0.25) is 0 Å². The van der Waals surface area contributed by atoms with E-state index in [0.29, 0.717) is 6.42 Å². The van der Waals surface area contributed by atoms with Crippen molar-refractivity contribution in [3.63, 3.8) is 0 Å². The van der Waals surface area contributed by atoms with Gasteiger partial charge in [-0.05, 0) is 25.7 Å². The van der Waals surface area contributed by atoms with E-state index < -0.39 is 164 Å². The number of methoxy groups -OCH3 is 1. The van der Waals surface area contributed by atoms with Gasteiger partial charge in [0.2, 0.25) is 47.3 Å². The lowest BCUT2D eigenvalue weighted by molar-refractivity contribution is -0.270. The van der Waals surface area contributed by atoms with E-state index in [1.165, 1.54) is 27.9 Å². The van der Waals surface area contributed by atoms with Gasteiger partial charge in [-0.25, -0.2) is 0 Å². The highest BCUT2D eigenvalue weighted by Gasteiger charge is 2.47. The number of hydrogen-bond donors (Lipinski definition) is 17. The quantitative estimate of drug-likeness (QED) is 0.0199. The van der Waals surface area contributed by atoms with Crippen LogP contribution in [-0.4, -0.2) is 297 Å². The van der Waals surface area contributed by atoms with Crippen molar-refractivity contribution in [1.82, 2.24) is 42.5 Å². The van der Waals surface area contributed by atoms with Crippen LogP contribution in [0.4, 0.5) is 0 Å². The van der Waals surface area contributed by atoms with Crippen molar-refractivity contribution in [3.8, 4) is 0 Å². The molecule has 2 saturated heterocycles. The fourth-order valence-corrected chi connectivity index (χ4v) is 9.44. The van der Waals surface area contributed by atoms with Gasteiger partial charge in [-0.3, -0.25) is 38.4 Å². The Morgan fingerprint density at radius 2 is 0.839 bits per heavy atom. The van der Waals surface area contributed by atoms with Crippen molar-refractivity contribution >= 4 is 47.3 Å². The first-order chi connectivity index (χ1) is 41.5. The average molecular weight is 1260 g/mol. The van der Waals surface area contributed by atoms with Crippen molar-refractivity contribution in [2.75, 3.05) is 113 Å². The van der Waals surface area contributed by atoms with Gasteiger partial charge in [0.15, 0.2) is 12.6 Å². The summed E-state index contributed by atoms with van der Waals surface area (Å²) in [6.07, 6.45) is -14.5. The summed E-state index contributed by atoms with van der Waals surface area (Å²) >= 11 is 0. The molecule has 0 spiro atoms. The molecule has 3 aliphatic rings. The Morgan fingerprint density at radius 1 is 0.460 bits per heavy atom. The highest BCUT2D eigenvalue weighted by atomic mass is 16.7. The molecule has 2 aliphatic heterocycles. The van der Waals surface area contributed by atoms with Crippen molar-refractivity contribution in [1.29, 1.82) is 0 Å². The first-order valence-corrected chi connectivity index (χ1v) is 29.0. The molecule has 0 bridgehead atoms. The van der Waals surface area contributed by atoms with Crippen LogP contribution in [0.1, 0.15) is 78.6 Å². The minimum absolute atomic E-state index is 0.0391. The third kappa shape index (κ3) is 27.8. The van der Waals surface area contributed by atoms with E-state index in [0.717, 1.165) is 0 Å². The second-order valence-electron chi connectivity index (χ2n) is 21.3. The molecule has 15 atom stereocenters. The molecular weight excluding hydrogens is 1160 g/mol. The monoisotopic (exact) mass is 1260 g/mol. The summed E-state index contributed by atoms with van der Waals surface area (Å²) in [5.74, 6) is -4.70. The number of carbonyl (C=O) groups excluding carboxylic acids is 8. The van der Waals surface area contributed by atoms with E-state index in [-0.39, 0.29) is 137 Å². The average Bonchev–Trinajstić information content (AvgIpc) is 3.24. The summed E-state index contributed by atoms with van der Waals surface area (Å²) < 4.78 is 51.1. The van der Waals surface area contributed by atoms with Gasteiger partial charge in [-0.15, -0.1) is 0 Å². The first kappa shape index (κ1) is 76.3. The maximum absolute atomic E-state index is 13.6. The molecule has 34 heteroatoms. The summed E-state index contributed by atoms with van der Waals surface area (Å²) in [6, 6.07) is -3.25. The zero-order chi connectivity index (χ0) is 64.5. The molecule has 0 aromatic carbocycles. The van der Waals surface area contributed by atoms with Crippen LogP contribution < -0.4 is 42.5 Å². The van der Waals surface area contributed by atoms with Gasteiger partial charge in [0, 0.05) is 98.8 Å². The molecule has 87 heavy (non-hydrogen) atoms. The Balaban J connectivity index is 1.63. The van der Waals surface area contributed by atoms with Gasteiger partial charge < -0.3 is 131 Å². The molecule has 502 valence electrons. The van der Waals surface area contributed by atoms with Crippen LogP contribution in [0.15, 0.2) is 0 Å². The smallest absolute Gasteiger partial charge is 0.222 e. The van der Waals surface area contributed by atoms with Crippen LogP contribution in [0, 0.1) is 5.92 Å². The summed E-state index contributed by atoms with van der Waals surface area (Å²) in [4.78, 5) is 100. The van der Waals surface area contributed by atoms with E-state index >= 15 is 0 Å². The maximum atomic E-state index is 13.6. The molecule has 1 saturated carbocycles. The minimum atomic E-state index is -1.56. The lowest BCUT2D eigenvalue weighted by atomic mass is 9.79. The van der Waals surface area contributed by atoms with Crippen LogP contribution >= 0.6 is 0 Å². The fourth-order valence-electron chi connectivity index (χ4n) is 9.44. The van der Waals surface area contributed by atoms with Gasteiger partial charge in [0.25, 0.3) is 0 Å². The van der Waals surface area contributed by atoms with Crippen molar-refractivity contribution < 1.29 is 127 Å². The van der Waals surface area contributed by atoms with Crippen molar-refractivity contribution in [2.24, 2.45) is 5.92 Å². The Kier molecular flexibility index (Phi) is 36.3. The maximum Gasteiger partial charge on any atom is 0.222 e. The molecule has 3 rings (SSSR count). The fraction of sp³-hybridized carbons (Fsp3) is 0.849. The van der Waals surface area contributed by atoms with Crippen LogP contribution in [0.5, 0.6) is 0 Å². The number of aliphatic hydroxyl groups is 9. The minimum Gasteiger partial charge on any atom is -0.396 e. The predicted octanol–water partition coefficient (Wildman–Crippen LogP) is -8.37. The van der Waals surface area contributed by atoms with Gasteiger partial charge >= 0.3 is 0 Å². The summed E-state index contributed by atoms with van der Waals surface area (Å²) in [6.45, 7) is 0.499. The van der Waals surface area contributed by atoms with E-state index in [9.17, 15) is 84.3 Å². The van der Waals surface area contributed by atoms with Crippen LogP contribution in [0.3, 0.4) is 0 Å². The molecule has 3 fully saturated rings. The van der Waals surface area contributed by atoms with Crippen LogP contribution in [0.25, 0.3) is 0 Å². The van der Waals surface area contributed by atoms with Crippen LogP contribution in [-0.2, 0) is 81.0 Å². The topological polar surface area (TPSA) is 498 Å². The molecule has 0 radical (unpaired) electrons.